The molecule has 0 saturated carbocycles. The van der Waals surface area contributed by atoms with Crippen molar-refractivity contribution < 1.29 is 9.15 Å². The highest BCUT2D eigenvalue weighted by atomic mass is 32.1. The predicted molar refractivity (Wildman–Crippen MR) is 122 cm³/mol. The molecule has 8 heteroatoms. The van der Waals surface area contributed by atoms with Crippen LogP contribution in [0.3, 0.4) is 0 Å². The molecule has 1 aliphatic rings. The molecule has 5 heterocycles. The van der Waals surface area contributed by atoms with E-state index in [-0.39, 0.29) is 5.41 Å². The Kier molecular flexibility index (Phi) is 3.89. The normalized spacial score (nSPS) is 15.6. The van der Waals surface area contributed by atoms with E-state index in [1.165, 1.54) is 0 Å². The maximum atomic E-state index is 13.3. The standard InChI is InChI=1S/C24H20N4O3S/c1-12-9-10-15(32-12)16-17-19(13-7-5-6-8-14(13)30-22(17)29)31-21-18(16)20-26-23(24(2,3)4)27-28(20)11-25-21/h5-11,16H,1-4H3. The number of para-hydroxylation sites is 1. The van der Waals surface area contributed by atoms with E-state index < -0.39 is 11.5 Å². The molecule has 5 aromatic rings. The highest BCUT2D eigenvalue weighted by Crippen LogP contribution is 2.50. The summed E-state index contributed by atoms with van der Waals surface area (Å²) in [5.74, 6) is 1.21. The molecule has 0 aliphatic carbocycles. The Bertz CT molecular complexity index is 1590. The molecule has 0 radical (unpaired) electrons. The highest BCUT2D eigenvalue weighted by Gasteiger charge is 2.38. The minimum absolute atomic E-state index is 0.240. The van der Waals surface area contributed by atoms with Crippen LogP contribution in [0.2, 0.25) is 0 Å². The Labute approximate surface area is 187 Å². The zero-order valence-electron chi connectivity index (χ0n) is 18.0. The lowest BCUT2D eigenvalue weighted by atomic mass is 9.88. The lowest BCUT2D eigenvalue weighted by molar-refractivity contribution is 0.423. The van der Waals surface area contributed by atoms with Crippen LogP contribution in [-0.2, 0) is 5.41 Å². The Morgan fingerprint density at radius 2 is 1.91 bits per heavy atom. The van der Waals surface area contributed by atoms with Gasteiger partial charge in [0.1, 0.15) is 11.9 Å². The van der Waals surface area contributed by atoms with Crippen LogP contribution < -0.4 is 10.4 Å². The van der Waals surface area contributed by atoms with Gasteiger partial charge in [-0.2, -0.15) is 0 Å². The van der Waals surface area contributed by atoms with E-state index in [0.29, 0.717) is 34.2 Å². The van der Waals surface area contributed by atoms with Crippen LogP contribution in [0, 0.1) is 6.92 Å². The number of fused-ring (bicyclic) bond motifs is 6. The minimum Gasteiger partial charge on any atom is -0.437 e. The first-order chi connectivity index (χ1) is 15.3. The molecular weight excluding hydrogens is 424 g/mol. The summed E-state index contributed by atoms with van der Waals surface area (Å²) in [6, 6.07) is 11.5. The van der Waals surface area contributed by atoms with Crippen molar-refractivity contribution >= 4 is 28.0 Å². The topological polar surface area (TPSA) is 82.5 Å². The lowest BCUT2D eigenvalue weighted by Gasteiger charge is -2.26. The summed E-state index contributed by atoms with van der Waals surface area (Å²) in [4.78, 5) is 24.8. The van der Waals surface area contributed by atoms with Crippen molar-refractivity contribution in [2.45, 2.75) is 39.0 Å². The van der Waals surface area contributed by atoms with Crippen molar-refractivity contribution in [2.24, 2.45) is 0 Å². The molecule has 0 bridgehead atoms. The minimum atomic E-state index is -0.419. The van der Waals surface area contributed by atoms with Crippen LogP contribution >= 0.6 is 11.3 Å². The number of hydrogen-bond acceptors (Lipinski definition) is 7. The summed E-state index contributed by atoms with van der Waals surface area (Å²) in [5, 5.41) is 5.38. The van der Waals surface area contributed by atoms with Gasteiger partial charge in [0, 0.05) is 15.2 Å². The van der Waals surface area contributed by atoms with Gasteiger partial charge in [-0.3, -0.25) is 0 Å². The summed E-state index contributed by atoms with van der Waals surface area (Å²) in [6.45, 7) is 8.24. The van der Waals surface area contributed by atoms with Crippen molar-refractivity contribution in [3.8, 4) is 11.6 Å². The summed E-state index contributed by atoms with van der Waals surface area (Å²) < 4.78 is 13.7. The molecule has 1 aliphatic heterocycles. The monoisotopic (exact) mass is 444 g/mol. The second-order valence-corrected chi connectivity index (χ2v) is 10.3. The molecule has 4 aromatic heterocycles. The fourth-order valence-corrected chi connectivity index (χ4v) is 5.14. The molecule has 0 saturated heterocycles. The molecular formula is C24H20N4O3S. The van der Waals surface area contributed by atoms with Gasteiger partial charge < -0.3 is 9.15 Å². The number of thiophene rings is 1. The van der Waals surface area contributed by atoms with Gasteiger partial charge in [0.25, 0.3) is 0 Å². The first-order valence-corrected chi connectivity index (χ1v) is 11.2. The fraction of sp³-hybridized carbons (Fsp3) is 0.250. The van der Waals surface area contributed by atoms with Gasteiger partial charge in [-0.15, -0.1) is 16.4 Å². The molecule has 160 valence electrons. The molecule has 1 atom stereocenters. The molecule has 1 unspecified atom stereocenters. The third kappa shape index (κ3) is 2.72. The first-order valence-electron chi connectivity index (χ1n) is 10.4. The van der Waals surface area contributed by atoms with Crippen LogP contribution in [0.25, 0.3) is 16.6 Å². The van der Waals surface area contributed by atoms with E-state index in [0.717, 1.165) is 20.7 Å². The largest absolute Gasteiger partial charge is 0.437 e. The van der Waals surface area contributed by atoms with E-state index in [4.69, 9.17) is 14.1 Å². The van der Waals surface area contributed by atoms with Gasteiger partial charge in [0.15, 0.2) is 17.2 Å². The molecule has 0 spiro atoms. The second kappa shape index (κ2) is 6.49. The van der Waals surface area contributed by atoms with Gasteiger partial charge in [0.05, 0.1) is 22.4 Å². The van der Waals surface area contributed by atoms with E-state index in [2.05, 4.69) is 36.9 Å². The highest BCUT2D eigenvalue weighted by molar-refractivity contribution is 7.12. The summed E-state index contributed by atoms with van der Waals surface area (Å²) >= 11 is 1.64. The smallest absolute Gasteiger partial charge is 0.344 e. The zero-order valence-corrected chi connectivity index (χ0v) is 18.9. The van der Waals surface area contributed by atoms with Crippen LogP contribution in [0.4, 0.5) is 0 Å². The average molecular weight is 445 g/mol. The third-order valence-corrected chi connectivity index (χ3v) is 6.74. The van der Waals surface area contributed by atoms with E-state index in [1.807, 2.05) is 31.2 Å². The molecule has 32 heavy (non-hydrogen) atoms. The van der Waals surface area contributed by atoms with Crippen LogP contribution in [-0.4, -0.2) is 19.6 Å². The van der Waals surface area contributed by atoms with Gasteiger partial charge in [-0.25, -0.2) is 19.3 Å². The predicted octanol–water partition coefficient (Wildman–Crippen LogP) is 5.18. The van der Waals surface area contributed by atoms with Crippen LogP contribution in [0.15, 0.2) is 51.9 Å². The molecule has 6 rings (SSSR count). The van der Waals surface area contributed by atoms with Crippen molar-refractivity contribution in [3.05, 3.63) is 79.9 Å². The number of benzene rings is 1. The third-order valence-electron chi connectivity index (χ3n) is 5.68. The van der Waals surface area contributed by atoms with Crippen molar-refractivity contribution in [1.29, 1.82) is 0 Å². The van der Waals surface area contributed by atoms with E-state index >= 15 is 0 Å². The number of aromatic nitrogens is 4. The summed E-state index contributed by atoms with van der Waals surface area (Å²) in [6.07, 6.45) is 1.62. The van der Waals surface area contributed by atoms with Crippen molar-refractivity contribution in [1.82, 2.24) is 19.6 Å². The van der Waals surface area contributed by atoms with Gasteiger partial charge >= 0.3 is 5.63 Å². The van der Waals surface area contributed by atoms with E-state index in [9.17, 15) is 4.79 Å². The number of ether oxygens (including phenoxy) is 1. The van der Waals surface area contributed by atoms with Crippen LogP contribution in [0.1, 0.15) is 53.4 Å². The molecule has 1 aromatic carbocycles. The van der Waals surface area contributed by atoms with E-state index in [1.54, 1.807) is 28.2 Å². The second-order valence-electron chi connectivity index (χ2n) is 9.03. The Morgan fingerprint density at radius 1 is 1.09 bits per heavy atom. The van der Waals surface area contributed by atoms with Crippen molar-refractivity contribution in [3.63, 3.8) is 0 Å². The van der Waals surface area contributed by atoms with Crippen molar-refractivity contribution in [2.75, 3.05) is 0 Å². The molecule has 7 nitrogen and oxygen atoms in total. The Morgan fingerprint density at radius 3 is 2.66 bits per heavy atom. The SMILES string of the molecule is Cc1ccc(C2c3c(c4ccccc4oc3=O)Oc3ncn4nc(C(C)(C)C)nc4c32)s1. The zero-order chi connectivity index (χ0) is 22.2. The quantitative estimate of drug-likeness (QED) is 0.325. The summed E-state index contributed by atoms with van der Waals surface area (Å²) in [7, 11) is 0. The lowest BCUT2D eigenvalue weighted by Crippen LogP contribution is -2.21. The van der Waals surface area contributed by atoms with Crippen LogP contribution in [0.5, 0.6) is 11.6 Å². The number of rotatable bonds is 1. The van der Waals surface area contributed by atoms with Gasteiger partial charge in [-0.05, 0) is 31.2 Å². The first kappa shape index (κ1) is 19.2. The number of aryl methyl sites for hydroxylation is 1. The van der Waals surface area contributed by atoms with Gasteiger partial charge in [-0.1, -0.05) is 32.9 Å². The maximum absolute atomic E-state index is 13.3. The maximum Gasteiger partial charge on any atom is 0.344 e. The van der Waals surface area contributed by atoms with Gasteiger partial charge in [0.2, 0.25) is 5.88 Å². The Hall–Kier alpha value is -3.52. The Balaban J connectivity index is 1.73. The molecule has 0 amide bonds. The number of nitrogens with zero attached hydrogens (tertiary/aromatic N) is 4. The molecule has 0 N–H and O–H groups in total. The number of hydrogen-bond donors (Lipinski definition) is 0. The average Bonchev–Trinajstić information content (AvgIpc) is 3.38. The summed E-state index contributed by atoms with van der Waals surface area (Å²) in [5.41, 5.74) is 1.66. The molecule has 0 fully saturated rings. The fourth-order valence-electron chi connectivity index (χ4n) is 4.14.